The molecule has 0 unspecified atom stereocenters. The first kappa shape index (κ1) is 13.6. The maximum Gasteiger partial charge on any atom is 0.151 e. The normalized spacial score (nSPS) is 13.1. The SMILES string of the molecule is C/C(=C\N1c2ccccc2Oc2ccccc21)c1ccccc1. The third-order valence-electron chi connectivity index (χ3n) is 4.02. The predicted molar refractivity (Wildman–Crippen MR) is 95.2 cm³/mol. The van der Waals surface area contributed by atoms with Crippen LogP contribution >= 0.6 is 0 Å². The van der Waals surface area contributed by atoms with Gasteiger partial charge in [0.1, 0.15) is 0 Å². The Hall–Kier alpha value is -3.00. The summed E-state index contributed by atoms with van der Waals surface area (Å²) < 4.78 is 6.02. The molecule has 0 N–H and O–H groups in total. The second-order valence-corrected chi connectivity index (χ2v) is 5.59. The van der Waals surface area contributed by atoms with Crippen molar-refractivity contribution in [2.75, 3.05) is 4.90 Å². The maximum atomic E-state index is 6.02. The van der Waals surface area contributed by atoms with Gasteiger partial charge in [0.25, 0.3) is 0 Å². The van der Waals surface area contributed by atoms with Gasteiger partial charge < -0.3 is 9.64 Å². The van der Waals surface area contributed by atoms with Crippen molar-refractivity contribution in [1.82, 2.24) is 0 Å². The van der Waals surface area contributed by atoms with E-state index in [4.69, 9.17) is 4.74 Å². The molecule has 0 bridgehead atoms. The van der Waals surface area contributed by atoms with Crippen LogP contribution < -0.4 is 9.64 Å². The van der Waals surface area contributed by atoms with Gasteiger partial charge >= 0.3 is 0 Å². The lowest BCUT2D eigenvalue weighted by Gasteiger charge is -2.30. The van der Waals surface area contributed by atoms with Crippen LogP contribution in [0.25, 0.3) is 5.57 Å². The number of nitrogens with zero attached hydrogens (tertiary/aromatic N) is 1. The van der Waals surface area contributed by atoms with Crippen LogP contribution in [0.15, 0.2) is 85.1 Å². The summed E-state index contributed by atoms with van der Waals surface area (Å²) in [6, 6.07) is 26.7. The standard InChI is InChI=1S/C21H17NO/c1-16(17-9-3-2-4-10-17)15-22-18-11-5-7-13-20(18)23-21-14-8-6-12-19(21)22/h2-15H,1H3/b16-15+. The minimum Gasteiger partial charge on any atom is -0.453 e. The summed E-state index contributed by atoms with van der Waals surface area (Å²) in [5.41, 5.74) is 4.54. The molecule has 0 radical (unpaired) electrons. The molecule has 23 heavy (non-hydrogen) atoms. The number of rotatable bonds is 2. The molecule has 3 aromatic rings. The van der Waals surface area contributed by atoms with E-state index in [1.165, 1.54) is 11.1 Å². The van der Waals surface area contributed by atoms with Crippen LogP contribution in [0.1, 0.15) is 12.5 Å². The van der Waals surface area contributed by atoms with Crippen molar-refractivity contribution in [2.45, 2.75) is 6.92 Å². The van der Waals surface area contributed by atoms with Crippen LogP contribution in [-0.4, -0.2) is 0 Å². The fraction of sp³-hybridized carbons (Fsp3) is 0.0476. The summed E-state index contributed by atoms with van der Waals surface area (Å²) in [4.78, 5) is 2.20. The van der Waals surface area contributed by atoms with Crippen LogP contribution in [0.4, 0.5) is 11.4 Å². The number of anilines is 2. The first-order valence-corrected chi connectivity index (χ1v) is 7.72. The van der Waals surface area contributed by atoms with Crippen LogP contribution in [0, 0.1) is 0 Å². The average Bonchev–Trinajstić information content (AvgIpc) is 2.62. The predicted octanol–water partition coefficient (Wildman–Crippen LogP) is 5.99. The summed E-state index contributed by atoms with van der Waals surface area (Å²) in [5.74, 6) is 1.76. The summed E-state index contributed by atoms with van der Waals surface area (Å²) in [6.07, 6.45) is 2.18. The second kappa shape index (κ2) is 5.65. The fourth-order valence-electron chi connectivity index (χ4n) is 2.84. The number of para-hydroxylation sites is 4. The molecule has 0 saturated carbocycles. The Bertz CT molecular complexity index is 822. The van der Waals surface area contributed by atoms with Gasteiger partial charge in [0, 0.05) is 6.20 Å². The van der Waals surface area contributed by atoms with Gasteiger partial charge in [-0.2, -0.15) is 0 Å². The zero-order valence-corrected chi connectivity index (χ0v) is 12.9. The Labute approximate surface area is 136 Å². The number of allylic oxidation sites excluding steroid dienone is 1. The van der Waals surface area contributed by atoms with E-state index in [-0.39, 0.29) is 0 Å². The Morgan fingerprint density at radius 3 is 1.87 bits per heavy atom. The van der Waals surface area contributed by atoms with Crippen LogP contribution in [0.5, 0.6) is 11.5 Å². The highest BCUT2D eigenvalue weighted by Crippen LogP contribution is 2.46. The molecule has 1 heterocycles. The molecule has 112 valence electrons. The smallest absolute Gasteiger partial charge is 0.151 e. The molecule has 2 heteroatoms. The van der Waals surface area contributed by atoms with Crippen molar-refractivity contribution >= 4 is 16.9 Å². The lowest BCUT2D eigenvalue weighted by molar-refractivity contribution is 0.476. The molecule has 1 aliphatic heterocycles. The van der Waals surface area contributed by atoms with E-state index in [0.717, 1.165) is 22.9 Å². The quantitative estimate of drug-likeness (QED) is 0.576. The largest absolute Gasteiger partial charge is 0.453 e. The zero-order valence-electron chi connectivity index (χ0n) is 12.9. The van der Waals surface area contributed by atoms with E-state index in [1.807, 2.05) is 42.5 Å². The maximum absolute atomic E-state index is 6.02. The van der Waals surface area contributed by atoms with E-state index in [0.29, 0.717) is 0 Å². The zero-order chi connectivity index (χ0) is 15.6. The van der Waals surface area contributed by atoms with Gasteiger partial charge in [-0.15, -0.1) is 0 Å². The van der Waals surface area contributed by atoms with E-state index in [9.17, 15) is 0 Å². The number of benzene rings is 3. The van der Waals surface area contributed by atoms with Crippen molar-refractivity contribution in [3.05, 3.63) is 90.6 Å². The molecular weight excluding hydrogens is 282 g/mol. The Kier molecular flexibility index (Phi) is 3.35. The summed E-state index contributed by atoms with van der Waals surface area (Å²) >= 11 is 0. The highest BCUT2D eigenvalue weighted by Gasteiger charge is 2.22. The van der Waals surface area contributed by atoms with Crippen molar-refractivity contribution in [2.24, 2.45) is 0 Å². The van der Waals surface area contributed by atoms with Crippen molar-refractivity contribution in [3.63, 3.8) is 0 Å². The number of hydrogen-bond donors (Lipinski definition) is 0. The number of hydrogen-bond acceptors (Lipinski definition) is 2. The Morgan fingerprint density at radius 2 is 1.26 bits per heavy atom. The molecule has 2 nitrogen and oxygen atoms in total. The molecule has 0 spiro atoms. The topological polar surface area (TPSA) is 12.5 Å². The van der Waals surface area contributed by atoms with Gasteiger partial charge in [0.2, 0.25) is 0 Å². The molecule has 0 aromatic heterocycles. The first-order valence-electron chi connectivity index (χ1n) is 7.72. The van der Waals surface area contributed by atoms with E-state index < -0.39 is 0 Å². The molecular formula is C21H17NO. The first-order chi connectivity index (χ1) is 11.3. The van der Waals surface area contributed by atoms with Gasteiger partial charge in [-0.25, -0.2) is 0 Å². The van der Waals surface area contributed by atoms with Gasteiger partial charge in [-0.3, -0.25) is 0 Å². The summed E-state index contributed by atoms with van der Waals surface area (Å²) in [7, 11) is 0. The molecule has 0 saturated heterocycles. The van der Waals surface area contributed by atoms with Crippen molar-refractivity contribution < 1.29 is 4.74 Å². The molecule has 1 aliphatic rings. The molecule has 0 aliphatic carbocycles. The van der Waals surface area contributed by atoms with Crippen molar-refractivity contribution in [1.29, 1.82) is 0 Å². The van der Waals surface area contributed by atoms with Crippen LogP contribution in [0.2, 0.25) is 0 Å². The lowest BCUT2D eigenvalue weighted by Crippen LogP contribution is -2.15. The second-order valence-electron chi connectivity index (χ2n) is 5.59. The van der Waals surface area contributed by atoms with Gasteiger partial charge in [-0.1, -0.05) is 54.6 Å². The average molecular weight is 299 g/mol. The van der Waals surface area contributed by atoms with E-state index >= 15 is 0 Å². The Balaban J connectivity index is 1.85. The summed E-state index contributed by atoms with van der Waals surface area (Å²) in [5, 5.41) is 0. The van der Waals surface area contributed by atoms with Gasteiger partial charge in [0.05, 0.1) is 11.4 Å². The minimum absolute atomic E-state index is 0.878. The minimum atomic E-state index is 0.878. The number of ether oxygens (including phenoxy) is 1. The van der Waals surface area contributed by atoms with Crippen LogP contribution in [0.3, 0.4) is 0 Å². The van der Waals surface area contributed by atoms with E-state index in [1.54, 1.807) is 0 Å². The third kappa shape index (κ3) is 2.49. The Morgan fingerprint density at radius 1 is 0.739 bits per heavy atom. The third-order valence-corrected chi connectivity index (χ3v) is 4.02. The van der Waals surface area contributed by atoms with Gasteiger partial charge in [-0.05, 0) is 42.3 Å². The molecule has 0 amide bonds. The van der Waals surface area contributed by atoms with Crippen LogP contribution in [-0.2, 0) is 0 Å². The molecule has 0 atom stereocenters. The summed E-state index contributed by atoms with van der Waals surface area (Å²) in [6.45, 7) is 2.13. The molecule has 0 fully saturated rings. The van der Waals surface area contributed by atoms with Gasteiger partial charge in [0.15, 0.2) is 11.5 Å². The fourth-order valence-corrected chi connectivity index (χ4v) is 2.84. The molecule has 4 rings (SSSR count). The van der Waals surface area contributed by atoms with E-state index in [2.05, 4.69) is 54.4 Å². The highest BCUT2D eigenvalue weighted by atomic mass is 16.5. The highest BCUT2D eigenvalue weighted by molar-refractivity contribution is 5.82. The molecule has 3 aromatic carbocycles. The number of fused-ring (bicyclic) bond motifs is 2. The van der Waals surface area contributed by atoms with Crippen molar-refractivity contribution in [3.8, 4) is 11.5 Å². The lowest BCUT2D eigenvalue weighted by atomic mass is 10.1. The monoisotopic (exact) mass is 299 g/mol.